The van der Waals surface area contributed by atoms with E-state index in [0.717, 1.165) is 39.0 Å². The Balaban J connectivity index is 1.41. The molecule has 0 unspecified atom stereocenters. The van der Waals surface area contributed by atoms with E-state index in [0.29, 0.717) is 24.2 Å². The lowest BCUT2D eigenvalue weighted by Crippen LogP contribution is -2.40. The zero-order valence-electron chi connectivity index (χ0n) is 13.9. The number of carbonyl (C=O) groups excluding carboxylic acids is 2. The van der Waals surface area contributed by atoms with Crippen LogP contribution < -0.4 is 0 Å². The van der Waals surface area contributed by atoms with E-state index in [1.165, 1.54) is 32.4 Å². The Labute approximate surface area is 133 Å². The van der Waals surface area contributed by atoms with Crippen molar-refractivity contribution >= 4 is 11.8 Å². The molecule has 1 spiro atoms. The lowest BCUT2D eigenvalue weighted by Gasteiger charge is -2.37. The SMILES string of the molecule is CN1CCC2(CC1)CCN(C(=O)CCCN1CCCC1=O)C2. The van der Waals surface area contributed by atoms with Gasteiger partial charge in [-0.2, -0.15) is 0 Å². The van der Waals surface area contributed by atoms with Crippen LogP contribution in [0.2, 0.25) is 0 Å². The maximum atomic E-state index is 12.4. The fourth-order valence-corrected chi connectivity index (χ4v) is 4.17. The second kappa shape index (κ2) is 6.57. The Kier molecular flexibility index (Phi) is 4.71. The van der Waals surface area contributed by atoms with Crippen LogP contribution in [0.1, 0.15) is 44.9 Å². The van der Waals surface area contributed by atoms with E-state index in [1.54, 1.807) is 0 Å². The van der Waals surface area contributed by atoms with Crippen molar-refractivity contribution in [3.05, 3.63) is 0 Å². The summed E-state index contributed by atoms with van der Waals surface area (Å²) < 4.78 is 0. The number of nitrogens with zero attached hydrogens (tertiary/aromatic N) is 3. The molecule has 0 N–H and O–H groups in total. The topological polar surface area (TPSA) is 43.9 Å². The maximum absolute atomic E-state index is 12.4. The largest absolute Gasteiger partial charge is 0.343 e. The zero-order chi connectivity index (χ0) is 15.6. The molecule has 2 amide bonds. The summed E-state index contributed by atoms with van der Waals surface area (Å²) in [6.45, 7) is 5.87. The van der Waals surface area contributed by atoms with Gasteiger partial charge in [0.15, 0.2) is 0 Å². The highest BCUT2D eigenvalue weighted by Crippen LogP contribution is 2.40. The Morgan fingerprint density at radius 1 is 1.14 bits per heavy atom. The molecule has 5 nitrogen and oxygen atoms in total. The summed E-state index contributed by atoms with van der Waals surface area (Å²) >= 11 is 0. The summed E-state index contributed by atoms with van der Waals surface area (Å²) in [5.41, 5.74) is 0.396. The van der Waals surface area contributed by atoms with Crippen LogP contribution in [-0.2, 0) is 9.59 Å². The van der Waals surface area contributed by atoms with E-state index in [1.807, 2.05) is 4.90 Å². The van der Waals surface area contributed by atoms with Gasteiger partial charge in [-0.25, -0.2) is 0 Å². The van der Waals surface area contributed by atoms with Gasteiger partial charge in [-0.15, -0.1) is 0 Å². The van der Waals surface area contributed by atoms with Crippen molar-refractivity contribution in [3.63, 3.8) is 0 Å². The van der Waals surface area contributed by atoms with Gasteiger partial charge in [0.25, 0.3) is 0 Å². The molecule has 0 aromatic heterocycles. The molecule has 0 radical (unpaired) electrons. The lowest BCUT2D eigenvalue weighted by atomic mass is 9.78. The van der Waals surface area contributed by atoms with Gasteiger partial charge in [-0.1, -0.05) is 0 Å². The number of carbonyl (C=O) groups is 2. The highest BCUT2D eigenvalue weighted by molar-refractivity contribution is 5.78. The van der Waals surface area contributed by atoms with Crippen molar-refractivity contribution in [2.75, 3.05) is 46.3 Å². The van der Waals surface area contributed by atoms with Gasteiger partial charge < -0.3 is 14.7 Å². The summed E-state index contributed by atoms with van der Waals surface area (Å²) in [5.74, 6) is 0.557. The third-order valence-electron chi connectivity index (χ3n) is 5.83. The first-order valence-electron chi connectivity index (χ1n) is 8.82. The molecule has 22 heavy (non-hydrogen) atoms. The number of rotatable bonds is 4. The van der Waals surface area contributed by atoms with Gasteiger partial charge in [0, 0.05) is 39.0 Å². The summed E-state index contributed by atoms with van der Waals surface area (Å²) in [5, 5.41) is 0. The van der Waals surface area contributed by atoms with Crippen LogP contribution in [0, 0.1) is 5.41 Å². The third kappa shape index (κ3) is 3.45. The molecule has 0 aliphatic carbocycles. The van der Waals surface area contributed by atoms with Crippen LogP contribution in [-0.4, -0.2) is 72.8 Å². The van der Waals surface area contributed by atoms with E-state index in [4.69, 9.17) is 0 Å². The smallest absolute Gasteiger partial charge is 0.222 e. The van der Waals surface area contributed by atoms with Crippen LogP contribution in [0.4, 0.5) is 0 Å². The van der Waals surface area contributed by atoms with E-state index < -0.39 is 0 Å². The van der Waals surface area contributed by atoms with Crippen molar-refractivity contribution in [2.24, 2.45) is 5.41 Å². The second-order valence-electron chi connectivity index (χ2n) is 7.46. The van der Waals surface area contributed by atoms with E-state index in [9.17, 15) is 9.59 Å². The molecule has 124 valence electrons. The Hall–Kier alpha value is -1.10. The Morgan fingerprint density at radius 2 is 1.86 bits per heavy atom. The highest BCUT2D eigenvalue weighted by Gasteiger charge is 2.41. The van der Waals surface area contributed by atoms with Crippen molar-refractivity contribution in [2.45, 2.75) is 44.9 Å². The van der Waals surface area contributed by atoms with Gasteiger partial charge in [-0.05, 0) is 57.7 Å². The summed E-state index contributed by atoms with van der Waals surface area (Å²) in [7, 11) is 2.18. The first-order valence-corrected chi connectivity index (χ1v) is 8.82. The van der Waals surface area contributed by atoms with Gasteiger partial charge in [0.2, 0.25) is 11.8 Å². The molecular weight excluding hydrogens is 278 g/mol. The molecule has 0 aromatic rings. The molecule has 3 saturated heterocycles. The monoisotopic (exact) mass is 307 g/mol. The molecule has 0 atom stereocenters. The number of likely N-dealkylation sites (tertiary alicyclic amines) is 3. The summed E-state index contributed by atoms with van der Waals surface area (Å²) in [6, 6.07) is 0. The standard InChI is InChI=1S/C17H29N3O2/c1-18-11-6-17(7-12-18)8-13-20(14-17)16(22)5-3-10-19-9-2-4-15(19)21/h2-14H2,1H3. The third-order valence-corrected chi connectivity index (χ3v) is 5.83. The Bertz CT molecular complexity index is 430. The van der Waals surface area contributed by atoms with Crippen LogP contribution in [0.25, 0.3) is 0 Å². The fraction of sp³-hybridized carbons (Fsp3) is 0.882. The Morgan fingerprint density at radius 3 is 2.55 bits per heavy atom. The molecule has 0 aromatic carbocycles. The minimum absolute atomic E-state index is 0.263. The fourth-order valence-electron chi connectivity index (χ4n) is 4.17. The molecule has 3 rings (SSSR count). The van der Waals surface area contributed by atoms with Gasteiger partial charge in [0.05, 0.1) is 0 Å². The number of amides is 2. The van der Waals surface area contributed by atoms with E-state index in [2.05, 4.69) is 16.8 Å². The van der Waals surface area contributed by atoms with Gasteiger partial charge in [0.1, 0.15) is 0 Å². The van der Waals surface area contributed by atoms with E-state index >= 15 is 0 Å². The van der Waals surface area contributed by atoms with Crippen LogP contribution in [0.3, 0.4) is 0 Å². The van der Waals surface area contributed by atoms with Gasteiger partial charge >= 0.3 is 0 Å². The molecule has 0 bridgehead atoms. The predicted molar refractivity (Wildman–Crippen MR) is 85.4 cm³/mol. The van der Waals surface area contributed by atoms with Crippen molar-refractivity contribution in [1.29, 1.82) is 0 Å². The first-order chi connectivity index (χ1) is 10.6. The average Bonchev–Trinajstić information content (AvgIpc) is 3.10. The van der Waals surface area contributed by atoms with Crippen molar-refractivity contribution in [3.8, 4) is 0 Å². The normalized spacial score (nSPS) is 25.4. The number of hydrogen-bond acceptors (Lipinski definition) is 3. The zero-order valence-corrected chi connectivity index (χ0v) is 13.9. The molecule has 3 heterocycles. The lowest BCUT2D eigenvalue weighted by molar-refractivity contribution is -0.132. The predicted octanol–water partition coefficient (Wildman–Crippen LogP) is 1.33. The second-order valence-corrected chi connectivity index (χ2v) is 7.46. The molecule has 0 saturated carbocycles. The number of piperidine rings is 1. The molecule has 5 heteroatoms. The quantitative estimate of drug-likeness (QED) is 0.787. The van der Waals surface area contributed by atoms with Gasteiger partial charge in [-0.3, -0.25) is 9.59 Å². The summed E-state index contributed by atoms with van der Waals surface area (Å²) in [6.07, 6.45) is 6.73. The van der Waals surface area contributed by atoms with Crippen LogP contribution in [0.15, 0.2) is 0 Å². The minimum atomic E-state index is 0.263. The van der Waals surface area contributed by atoms with E-state index in [-0.39, 0.29) is 5.91 Å². The van der Waals surface area contributed by atoms with Crippen LogP contribution >= 0.6 is 0 Å². The van der Waals surface area contributed by atoms with Crippen LogP contribution in [0.5, 0.6) is 0 Å². The molecule has 3 fully saturated rings. The highest BCUT2D eigenvalue weighted by atomic mass is 16.2. The van der Waals surface area contributed by atoms with Crippen molar-refractivity contribution < 1.29 is 9.59 Å². The number of hydrogen-bond donors (Lipinski definition) is 0. The first kappa shape index (κ1) is 15.8. The average molecular weight is 307 g/mol. The molecule has 3 aliphatic rings. The van der Waals surface area contributed by atoms with Crippen molar-refractivity contribution in [1.82, 2.24) is 14.7 Å². The molecular formula is C17H29N3O2. The maximum Gasteiger partial charge on any atom is 0.222 e. The minimum Gasteiger partial charge on any atom is -0.343 e. The summed E-state index contributed by atoms with van der Waals surface area (Å²) in [4.78, 5) is 30.3. The molecule has 3 aliphatic heterocycles.